The van der Waals surface area contributed by atoms with E-state index in [0.717, 1.165) is 9.13 Å². The van der Waals surface area contributed by atoms with Crippen LogP contribution >= 0.6 is 22.6 Å². The van der Waals surface area contributed by atoms with E-state index in [4.69, 9.17) is 9.47 Å². The van der Waals surface area contributed by atoms with E-state index < -0.39 is 23.6 Å². The zero-order chi connectivity index (χ0) is 22.1. The zero-order valence-corrected chi connectivity index (χ0v) is 18.9. The Labute approximate surface area is 188 Å². The van der Waals surface area contributed by atoms with Crippen molar-refractivity contribution in [3.05, 3.63) is 63.0 Å². The Kier molecular flexibility index (Phi) is 9.06. The Morgan fingerprint density at radius 2 is 2.23 bits per heavy atom. The van der Waals surface area contributed by atoms with E-state index in [2.05, 4.69) is 34.4 Å². The van der Waals surface area contributed by atoms with Crippen LogP contribution in [0.15, 0.2) is 53.9 Å². The molecule has 0 bridgehead atoms. The number of aliphatic carboxylic acids is 1. The molecule has 1 aromatic rings. The van der Waals surface area contributed by atoms with Crippen molar-refractivity contribution in [2.45, 2.75) is 38.5 Å². The number of allylic oxidation sites excluding steroid dienone is 5. The molecule has 2 atom stereocenters. The highest BCUT2D eigenvalue weighted by Gasteiger charge is 2.27. The van der Waals surface area contributed by atoms with Crippen LogP contribution in [0.3, 0.4) is 0 Å². The minimum absolute atomic E-state index is 0.232. The average molecular weight is 528 g/mol. The van der Waals surface area contributed by atoms with Crippen LogP contribution in [-0.2, 0) is 16.0 Å². The van der Waals surface area contributed by atoms with Gasteiger partial charge in [0.2, 0.25) is 0 Å². The molecule has 0 saturated carbocycles. The summed E-state index contributed by atoms with van der Waals surface area (Å²) in [5.41, 5.74) is -0.543. The molecule has 0 amide bonds. The molecule has 1 unspecified atom stereocenters. The van der Waals surface area contributed by atoms with E-state index in [1.165, 1.54) is 18.2 Å². The Morgan fingerprint density at radius 1 is 1.47 bits per heavy atom. The van der Waals surface area contributed by atoms with Gasteiger partial charge in [-0.3, -0.25) is 0 Å². The van der Waals surface area contributed by atoms with Gasteiger partial charge in [-0.1, -0.05) is 24.0 Å². The van der Waals surface area contributed by atoms with Gasteiger partial charge < -0.3 is 14.6 Å². The summed E-state index contributed by atoms with van der Waals surface area (Å²) in [4.78, 5) is 11.2. The minimum atomic E-state index is -1.99. The quantitative estimate of drug-likeness (QED) is 0.374. The fraction of sp³-hybridized carbons (Fsp3) is 0.348. The van der Waals surface area contributed by atoms with Crippen molar-refractivity contribution in [3.63, 3.8) is 0 Å². The molecule has 7 heteroatoms. The van der Waals surface area contributed by atoms with E-state index in [0.29, 0.717) is 17.9 Å². The third-order valence-electron chi connectivity index (χ3n) is 4.22. The number of carboxylic acid groups (broad SMARTS) is 1. The lowest BCUT2D eigenvalue weighted by Gasteiger charge is -2.16. The topological polar surface area (TPSA) is 55.8 Å². The van der Waals surface area contributed by atoms with Gasteiger partial charge in [-0.25, -0.2) is 13.6 Å². The summed E-state index contributed by atoms with van der Waals surface area (Å²) >= 11 is 2.12. The van der Waals surface area contributed by atoms with Crippen LogP contribution in [-0.4, -0.2) is 36.1 Å². The highest BCUT2D eigenvalue weighted by molar-refractivity contribution is 14.1. The van der Waals surface area contributed by atoms with Crippen molar-refractivity contribution in [2.75, 3.05) is 13.2 Å². The molecular weight excluding hydrogens is 505 g/mol. The van der Waals surface area contributed by atoms with E-state index in [-0.39, 0.29) is 19.4 Å². The zero-order valence-electron chi connectivity index (χ0n) is 16.8. The molecule has 1 aromatic carbocycles. The lowest BCUT2D eigenvalue weighted by atomic mass is 9.97. The van der Waals surface area contributed by atoms with Crippen molar-refractivity contribution in [1.82, 2.24) is 0 Å². The third kappa shape index (κ3) is 7.58. The number of rotatable bonds is 8. The first-order valence-corrected chi connectivity index (χ1v) is 10.5. The maximum atomic E-state index is 14.4. The number of carboxylic acids is 1. The van der Waals surface area contributed by atoms with Crippen LogP contribution < -0.4 is 4.74 Å². The lowest BCUT2D eigenvalue weighted by Crippen LogP contribution is -2.26. The summed E-state index contributed by atoms with van der Waals surface area (Å²) in [5.74, 6) is 4.29. The van der Waals surface area contributed by atoms with Gasteiger partial charge in [-0.15, -0.1) is 0 Å². The normalized spacial score (nSPS) is 19.5. The number of benzene rings is 1. The van der Waals surface area contributed by atoms with E-state index in [1.807, 2.05) is 6.07 Å². The Morgan fingerprint density at radius 3 is 2.87 bits per heavy atom. The molecule has 30 heavy (non-hydrogen) atoms. The van der Waals surface area contributed by atoms with Crippen LogP contribution in [0.1, 0.15) is 25.8 Å². The summed E-state index contributed by atoms with van der Waals surface area (Å²) in [6.45, 7) is 4.04. The van der Waals surface area contributed by atoms with Crippen LogP contribution in [0.4, 0.5) is 8.78 Å². The fourth-order valence-corrected chi connectivity index (χ4v) is 3.42. The molecule has 0 radical (unpaired) electrons. The van der Waals surface area contributed by atoms with E-state index in [1.54, 1.807) is 32.1 Å². The van der Waals surface area contributed by atoms with Crippen molar-refractivity contribution in [3.8, 4) is 17.6 Å². The highest BCUT2D eigenvalue weighted by atomic mass is 127. The summed E-state index contributed by atoms with van der Waals surface area (Å²) in [7, 11) is 0. The highest BCUT2D eigenvalue weighted by Crippen LogP contribution is 2.27. The molecule has 0 fully saturated rings. The number of carbonyl (C=O) groups is 1. The molecule has 1 aliphatic carbocycles. The standard InChI is InChI=1S/C23H23F2IO4/c1-3-29-21(22(27)28)14-17-6-7-20(19(26)13-17)30-12-9-16(2)8-11-23(25)10-4-5-18(24)15-23/h4-7,9-10,13,21H,3,12,14-15H2,1-2H3,(H,27,28)/b16-9+/t21-,23?/m0/s1. The molecule has 1 N–H and O–H groups in total. The van der Waals surface area contributed by atoms with Crippen molar-refractivity contribution >= 4 is 28.6 Å². The molecule has 160 valence electrons. The summed E-state index contributed by atoms with van der Waals surface area (Å²) in [6.07, 6.45) is 4.52. The van der Waals surface area contributed by atoms with Crippen LogP contribution in [0, 0.1) is 15.4 Å². The van der Waals surface area contributed by atoms with Gasteiger partial charge in [-0.2, -0.15) is 0 Å². The molecule has 2 rings (SSSR count). The first kappa shape index (κ1) is 24.1. The molecule has 4 nitrogen and oxygen atoms in total. The molecule has 0 aliphatic heterocycles. The molecule has 0 saturated heterocycles. The average Bonchev–Trinajstić information content (AvgIpc) is 2.67. The summed E-state index contributed by atoms with van der Waals surface area (Å²) < 4.78 is 39.4. The van der Waals surface area contributed by atoms with Crippen molar-refractivity contribution < 1.29 is 28.2 Å². The Balaban J connectivity index is 1.95. The molecule has 0 spiro atoms. The Hall–Kier alpha value is -2.18. The maximum absolute atomic E-state index is 14.4. The number of ether oxygens (including phenoxy) is 2. The van der Waals surface area contributed by atoms with Gasteiger partial charge in [0.15, 0.2) is 11.8 Å². The second kappa shape index (κ2) is 11.3. The molecule has 0 aromatic heterocycles. The maximum Gasteiger partial charge on any atom is 0.333 e. The van der Waals surface area contributed by atoms with Gasteiger partial charge in [0.05, 0.1) is 3.57 Å². The van der Waals surface area contributed by atoms with Gasteiger partial charge in [0.25, 0.3) is 0 Å². The number of alkyl halides is 1. The van der Waals surface area contributed by atoms with E-state index in [9.17, 15) is 18.7 Å². The van der Waals surface area contributed by atoms with Crippen molar-refractivity contribution in [2.24, 2.45) is 0 Å². The van der Waals surface area contributed by atoms with Gasteiger partial charge in [0.1, 0.15) is 18.2 Å². The smallest absolute Gasteiger partial charge is 0.333 e. The first-order chi connectivity index (χ1) is 14.2. The van der Waals surface area contributed by atoms with Gasteiger partial charge >= 0.3 is 5.97 Å². The predicted octanol–water partition coefficient (Wildman–Crippen LogP) is 5.17. The molecule has 1 aliphatic rings. The molecule has 0 heterocycles. The number of halogens is 3. The fourth-order valence-electron chi connectivity index (χ4n) is 2.69. The minimum Gasteiger partial charge on any atom is -0.488 e. The monoisotopic (exact) mass is 528 g/mol. The summed E-state index contributed by atoms with van der Waals surface area (Å²) in [6, 6.07) is 5.42. The van der Waals surface area contributed by atoms with Crippen molar-refractivity contribution in [1.29, 1.82) is 0 Å². The number of hydrogen-bond acceptors (Lipinski definition) is 3. The molecular formula is C23H23F2IO4. The summed E-state index contributed by atoms with van der Waals surface area (Å²) in [5, 5.41) is 9.20. The lowest BCUT2D eigenvalue weighted by molar-refractivity contribution is -0.149. The predicted molar refractivity (Wildman–Crippen MR) is 120 cm³/mol. The second-order valence-electron chi connectivity index (χ2n) is 6.71. The van der Waals surface area contributed by atoms with Crippen LogP contribution in [0.2, 0.25) is 0 Å². The first-order valence-electron chi connectivity index (χ1n) is 9.41. The largest absolute Gasteiger partial charge is 0.488 e. The van der Waals surface area contributed by atoms with E-state index >= 15 is 0 Å². The SMILES string of the molecule is CCO[C@@H](Cc1ccc(OC/C=C(\C)C#CC2(F)C=CC=C(F)C2)c(I)c1)C(=O)O. The van der Waals surface area contributed by atoms with Gasteiger partial charge in [-0.05, 0) is 77.9 Å². The van der Waals surface area contributed by atoms with Crippen LogP contribution in [0.25, 0.3) is 0 Å². The number of hydrogen-bond donors (Lipinski definition) is 1. The Bertz CT molecular complexity index is 927. The second-order valence-corrected chi connectivity index (χ2v) is 7.87. The van der Waals surface area contributed by atoms with Gasteiger partial charge in [0, 0.05) is 19.4 Å². The third-order valence-corrected chi connectivity index (χ3v) is 5.06. The van der Waals surface area contributed by atoms with Crippen LogP contribution in [0.5, 0.6) is 5.75 Å².